The van der Waals surface area contributed by atoms with Crippen LogP contribution in [0.3, 0.4) is 0 Å². The summed E-state index contributed by atoms with van der Waals surface area (Å²) in [5, 5.41) is 3.85. The van der Waals surface area contributed by atoms with Gasteiger partial charge < -0.3 is 14.2 Å². The molecular weight excluding hydrogens is 367 g/mol. The van der Waals surface area contributed by atoms with Gasteiger partial charge in [0.2, 0.25) is 0 Å². The fourth-order valence-corrected chi connectivity index (χ4v) is 3.68. The van der Waals surface area contributed by atoms with Crippen molar-refractivity contribution in [1.82, 2.24) is 15.0 Å². The standard InChI is InChI=1S/C19H21FN4O4/c1-12-17(13(2)28-21-12)24-18(25)16-11-22(7-8-23(16)19(24)26)9-10-27-15-5-3-14(20)4-6-15/h3-6,16H,7-11H2,1-2H3. The zero-order chi connectivity index (χ0) is 19.8. The Morgan fingerprint density at radius 2 is 1.96 bits per heavy atom. The maximum absolute atomic E-state index is 12.9. The van der Waals surface area contributed by atoms with Crippen LogP contribution in [0.25, 0.3) is 0 Å². The Bertz CT molecular complexity index is 878. The van der Waals surface area contributed by atoms with E-state index in [2.05, 4.69) is 10.1 Å². The van der Waals surface area contributed by atoms with Crippen molar-refractivity contribution in [2.75, 3.05) is 37.7 Å². The van der Waals surface area contributed by atoms with Crippen LogP contribution in [0.2, 0.25) is 0 Å². The largest absolute Gasteiger partial charge is 0.492 e. The summed E-state index contributed by atoms with van der Waals surface area (Å²) >= 11 is 0. The van der Waals surface area contributed by atoms with Gasteiger partial charge in [0.15, 0.2) is 5.76 Å². The number of hydrogen-bond acceptors (Lipinski definition) is 6. The van der Waals surface area contributed by atoms with Crippen LogP contribution < -0.4 is 9.64 Å². The molecule has 28 heavy (non-hydrogen) atoms. The lowest BCUT2D eigenvalue weighted by Crippen LogP contribution is -2.53. The Labute approximate surface area is 161 Å². The molecule has 8 nitrogen and oxygen atoms in total. The molecule has 0 saturated carbocycles. The molecule has 3 amide bonds. The summed E-state index contributed by atoms with van der Waals surface area (Å²) in [7, 11) is 0. The Morgan fingerprint density at radius 1 is 1.21 bits per heavy atom. The number of aromatic nitrogens is 1. The van der Waals surface area contributed by atoms with E-state index < -0.39 is 6.04 Å². The minimum atomic E-state index is -0.527. The summed E-state index contributed by atoms with van der Waals surface area (Å²) in [4.78, 5) is 30.6. The first-order valence-corrected chi connectivity index (χ1v) is 9.14. The molecule has 0 N–H and O–H groups in total. The molecule has 0 radical (unpaired) electrons. The predicted molar refractivity (Wildman–Crippen MR) is 97.7 cm³/mol. The molecule has 9 heteroatoms. The molecule has 2 aliphatic rings. The number of imide groups is 1. The number of urea groups is 1. The summed E-state index contributed by atoms with van der Waals surface area (Å²) in [6.07, 6.45) is 0. The van der Waals surface area contributed by atoms with Crippen molar-refractivity contribution >= 4 is 17.6 Å². The van der Waals surface area contributed by atoms with E-state index in [-0.39, 0.29) is 17.8 Å². The number of fused-ring (bicyclic) bond motifs is 1. The number of carbonyl (C=O) groups excluding carboxylic acids is 2. The molecule has 0 spiro atoms. The van der Waals surface area contributed by atoms with Gasteiger partial charge in [-0.15, -0.1) is 0 Å². The van der Waals surface area contributed by atoms with Gasteiger partial charge in [-0.05, 0) is 38.1 Å². The van der Waals surface area contributed by atoms with Gasteiger partial charge in [-0.2, -0.15) is 0 Å². The SMILES string of the molecule is Cc1noc(C)c1N1C(=O)C2CN(CCOc3ccc(F)cc3)CCN2C1=O. The van der Waals surface area contributed by atoms with Crippen molar-refractivity contribution in [1.29, 1.82) is 0 Å². The van der Waals surface area contributed by atoms with Crippen LogP contribution in [0.5, 0.6) is 5.75 Å². The molecule has 2 fully saturated rings. The third kappa shape index (κ3) is 3.22. The number of anilines is 1. The van der Waals surface area contributed by atoms with Gasteiger partial charge in [0.05, 0.1) is 0 Å². The number of ether oxygens (including phenoxy) is 1. The van der Waals surface area contributed by atoms with Gasteiger partial charge in [-0.3, -0.25) is 9.69 Å². The number of piperazine rings is 1. The van der Waals surface area contributed by atoms with Crippen molar-refractivity contribution < 1.29 is 23.2 Å². The number of carbonyl (C=O) groups is 2. The van der Waals surface area contributed by atoms with E-state index in [1.807, 2.05) is 0 Å². The first-order valence-electron chi connectivity index (χ1n) is 9.14. The zero-order valence-electron chi connectivity index (χ0n) is 15.7. The first-order chi connectivity index (χ1) is 13.5. The highest BCUT2D eigenvalue weighted by molar-refractivity contribution is 6.22. The highest BCUT2D eigenvalue weighted by atomic mass is 19.1. The van der Waals surface area contributed by atoms with Gasteiger partial charge in [0.1, 0.15) is 35.6 Å². The lowest BCUT2D eigenvalue weighted by molar-refractivity contribution is -0.121. The van der Waals surface area contributed by atoms with E-state index in [0.29, 0.717) is 55.7 Å². The van der Waals surface area contributed by atoms with E-state index >= 15 is 0 Å². The third-order valence-electron chi connectivity index (χ3n) is 5.12. The van der Waals surface area contributed by atoms with E-state index in [9.17, 15) is 14.0 Å². The van der Waals surface area contributed by atoms with E-state index in [4.69, 9.17) is 9.26 Å². The Morgan fingerprint density at radius 3 is 2.64 bits per heavy atom. The summed E-state index contributed by atoms with van der Waals surface area (Å²) in [6.45, 7) is 5.97. The Hall–Kier alpha value is -2.94. The van der Waals surface area contributed by atoms with Crippen LogP contribution >= 0.6 is 0 Å². The second kappa shape index (κ2) is 7.23. The second-order valence-electron chi connectivity index (χ2n) is 6.94. The molecular formula is C19H21FN4O4. The quantitative estimate of drug-likeness (QED) is 0.729. The van der Waals surface area contributed by atoms with Crippen LogP contribution in [-0.2, 0) is 4.79 Å². The number of halogens is 1. The van der Waals surface area contributed by atoms with Gasteiger partial charge in [0, 0.05) is 26.2 Å². The highest BCUT2D eigenvalue weighted by Gasteiger charge is 2.49. The normalized spacial score (nSPS) is 20.0. The molecule has 1 aromatic carbocycles. The zero-order valence-corrected chi connectivity index (χ0v) is 15.7. The molecule has 3 heterocycles. The van der Waals surface area contributed by atoms with Crippen molar-refractivity contribution in [3.63, 3.8) is 0 Å². The summed E-state index contributed by atoms with van der Waals surface area (Å²) in [5.41, 5.74) is 0.958. The summed E-state index contributed by atoms with van der Waals surface area (Å²) < 4.78 is 23.7. The van der Waals surface area contributed by atoms with Gasteiger partial charge in [-0.25, -0.2) is 14.1 Å². The predicted octanol–water partition coefficient (Wildman–Crippen LogP) is 1.96. The van der Waals surface area contributed by atoms with E-state index in [1.54, 1.807) is 30.9 Å². The van der Waals surface area contributed by atoms with Crippen molar-refractivity contribution in [2.45, 2.75) is 19.9 Å². The van der Waals surface area contributed by atoms with Crippen LogP contribution in [0.1, 0.15) is 11.5 Å². The lowest BCUT2D eigenvalue weighted by Gasteiger charge is -2.35. The smallest absolute Gasteiger partial charge is 0.332 e. The van der Waals surface area contributed by atoms with Crippen molar-refractivity contribution in [2.24, 2.45) is 0 Å². The maximum Gasteiger partial charge on any atom is 0.332 e. The topological polar surface area (TPSA) is 79.1 Å². The second-order valence-corrected chi connectivity index (χ2v) is 6.94. The number of benzene rings is 1. The minimum absolute atomic E-state index is 0.261. The van der Waals surface area contributed by atoms with Gasteiger partial charge >= 0.3 is 6.03 Å². The van der Waals surface area contributed by atoms with Crippen molar-refractivity contribution in [3.8, 4) is 5.75 Å². The number of hydrogen-bond donors (Lipinski definition) is 0. The van der Waals surface area contributed by atoms with Crippen molar-refractivity contribution in [3.05, 3.63) is 41.5 Å². The van der Waals surface area contributed by atoms with Crippen LogP contribution in [0, 0.1) is 19.7 Å². The third-order valence-corrected chi connectivity index (χ3v) is 5.12. The minimum Gasteiger partial charge on any atom is -0.492 e. The fourth-order valence-electron chi connectivity index (χ4n) is 3.68. The van der Waals surface area contributed by atoms with Gasteiger partial charge in [0.25, 0.3) is 5.91 Å². The van der Waals surface area contributed by atoms with Crippen LogP contribution in [0.4, 0.5) is 14.9 Å². The Kier molecular flexibility index (Phi) is 4.76. The molecule has 148 valence electrons. The average Bonchev–Trinajstić information content (AvgIpc) is 3.13. The van der Waals surface area contributed by atoms with Gasteiger partial charge in [-0.1, -0.05) is 5.16 Å². The van der Waals surface area contributed by atoms with E-state index in [0.717, 1.165) is 0 Å². The number of nitrogens with zero attached hydrogens (tertiary/aromatic N) is 4. The van der Waals surface area contributed by atoms with Crippen LogP contribution in [0.15, 0.2) is 28.8 Å². The molecule has 4 rings (SSSR count). The maximum atomic E-state index is 12.9. The first kappa shape index (κ1) is 18.4. The van der Waals surface area contributed by atoms with Crippen LogP contribution in [-0.4, -0.2) is 65.7 Å². The molecule has 1 aromatic heterocycles. The molecule has 2 aliphatic heterocycles. The molecule has 1 unspecified atom stereocenters. The molecule has 0 aliphatic carbocycles. The Balaban J connectivity index is 1.39. The molecule has 2 aromatic rings. The summed E-state index contributed by atoms with van der Waals surface area (Å²) in [5.74, 6) is 0.472. The number of aryl methyl sites for hydroxylation is 2. The summed E-state index contributed by atoms with van der Waals surface area (Å²) in [6, 6.07) is 5.00. The fraction of sp³-hybridized carbons (Fsp3) is 0.421. The lowest BCUT2D eigenvalue weighted by atomic mass is 10.2. The molecule has 2 saturated heterocycles. The molecule has 1 atom stereocenters. The number of rotatable bonds is 5. The molecule has 0 bridgehead atoms. The highest BCUT2D eigenvalue weighted by Crippen LogP contribution is 2.32. The monoisotopic (exact) mass is 388 g/mol. The van der Waals surface area contributed by atoms with E-state index in [1.165, 1.54) is 17.0 Å². The average molecular weight is 388 g/mol. The number of amides is 3.